The van der Waals surface area contributed by atoms with Crippen LogP contribution in [0.15, 0.2) is 53.1 Å². The number of esters is 1. The van der Waals surface area contributed by atoms with Crippen molar-refractivity contribution < 1.29 is 18.7 Å². The molecule has 4 rings (SSSR count). The van der Waals surface area contributed by atoms with Gasteiger partial charge in [-0.3, -0.25) is 4.79 Å². The summed E-state index contributed by atoms with van der Waals surface area (Å²) >= 11 is 0. The van der Waals surface area contributed by atoms with Gasteiger partial charge in [0.2, 0.25) is 0 Å². The maximum Gasteiger partial charge on any atom is 0.340 e. The van der Waals surface area contributed by atoms with Crippen molar-refractivity contribution in [2.75, 3.05) is 33.0 Å². The number of furan rings is 1. The number of hydrogen-bond acceptors (Lipinski definition) is 6. The number of carbonyl (C=O) groups excluding carboxylic acids is 2. The Balaban J connectivity index is 1.90. The van der Waals surface area contributed by atoms with Crippen LogP contribution in [0, 0.1) is 0 Å². The third-order valence-electron chi connectivity index (χ3n) is 4.79. The molecule has 0 spiro atoms. The summed E-state index contributed by atoms with van der Waals surface area (Å²) in [5, 5.41) is 0. The summed E-state index contributed by atoms with van der Waals surface area (Å²) in [4.78, 5) is 27.9. The average molecular weight is 376 g/mol. The van der Waals surface area contributed by atoms with Gasteiger partial charge < -0.3 is 19.8 Å². The molecule has 6 nitrogen and oxygen atoms in total. The molecule has 1 heterocycles. The second-order valence-electron chi connectivity index (χ2n) is 6.93. The minimum Gasteiger partial charge on any atom is -0.464 e. The number of carbonyl (C=O) groups is 2. The van der Waals surface area contributed by atoms with Crippen LogP contribution in [0.1, 0.15) is 26.3 Å². The minimum atomic E-state index is -0.536. The highest BCUT2D eigenvalue weighted by Gasteiger charge is 2.35. The second kappa shape index (κ2) is 6.98. The number of ketones is 1. The molecule has 1 aliphatic carbocycles. The summed E-state index contributed by atoms with van der Waals surface area (Å²) in [7, 11) is 3.79. The summed E-state index contributed by atoms with van der Waals surface area (Å²) in [5.41, 5.74) is 9.48. The van der Waals surface area contributed by atoms with E-state index >= 15 is 0 Å². The lowest BCUT2D eigenvalue weighted by Gasteiger charge is -2.15. The van der Waals surface area contributed by atoms with Gasteiger partial charge in [0.15, 0.2) is 5.78 Å². The Morgan fingerprint density at radius 3 is 2.50 bits per heavy atom. The van der Waals surface area contributed by atoms with Gasteiger partial charge in [0, 0.05) is 34.5 Å². The lowest BCUT2D eigenvalue weighted by Crippen LogP contribution is -2.21. The number of nitrogens with zero attached hydrogens (tertiary/aromatic N) is 1. The van der Waals surface area contributed by atoms with E-state index in [0.717, 1.165) is 0 Å². The van der Waals surface area contributed by atoms with E-state index in [2.05, 4.69) is 0 Å². The Labute approximate surface area is 162 Å². The van der Waals surface area contributed by atoms with E-state index in [1.807, 2.05) is 31.1 Å². The lowest BCUT2D eigenvalue weighted by molar-refractivity contribution is 0.0484. The fourth-order valence-corrected chi connectivity index (χ4v) is 3.48. The number of rotatable bonds is 5. The summed E-state index contributed by atoms with van der Waals surface area (Å²) in [5.74, 6) is -0.165. The Morgan fingerprint density at radius 2 is 1.82 bits per heavy atom. The van der Waals surface area contributed by atoms with Crippen LogP contribution in [-0.2, 0) is 4.74 Å². The van der Waals surface area contributed by atoms with Crippen LogP contribution in [-0.4, -0.2) is 43.9 Å². The fraction of sp³-hybridized carbons (Fsp3) is 0.182. The first-order chi connectivity index (χ1) is 13.5. The predicted octanol–water partition coefficient (Wildman–Crippen LogP) is 3.46. The van der Waals surface area contributed by atoms with Crippen molar-refractivity contribution >= 4 is 17.4 Å². The first-order valence-corrected chi connectivity index (χ1v) is 8.95. The SMILES string of the molecule is CN(C)CCOC(=O)c1c(N)cc(-c2ccco2)c2c1-c1ccccc1C2=O. The van der Waals surface area contributed by atoms with Crippen LogP contribution < -0.4 is 5.73 Å². The van der Waals surface area contributed by atoms with Crippen molar-refractivity contribution in [3.63, 3.8) is 0 Å². The van der Waals surface area contributed by atoms with Crippen LogP contribution in [0.25, 0.3) is 22.5 Å². The van der Waals surface area contributed by atoms with Gasteiger partial charge in [0.05, 0.1) is 11.8 Å². The molecule has 0 saturated carbocycles. The van der Waals surface area contributed by atoms with Crippen LogP contribution in [0.5, 0.6) is 0 Å². The molecule has 0 unspecified atom stereocenters. The third-order valence-corrected chi connectivity index (χ3v) is 4.79. The third kappa shape index (κ3) is 2.88. The van der Waals surface area contributed by atoms with Crippen LogP contribution in [0.2, 0.25) is 0 Å². The van der Waals surface area contributed by atoms with Crippen LogP contribution in [0.3, 0.4) is 0 Å². The molecule has 0 bridgehead atoms. The highest BCUT2D eigenvalue weighted by molar-refractivity contribution is 6.28. The monoisotopic (exact) mass is 376 g/mol. The molecule has 6 heteroatoms. The normalized spacial score (nSPS) is 12.2. The van der Waals surface area contributed by atoms with Crippen molar-refractivity contribution in [1.29, 1.82) is 0 Å². The van der Waals surface area contributed by atoms with E-state index in [1.165, 1.54) is 6.26 Å². The first-order valence-electron chi connectivity index (χ1n) is 8.95. The van der Waals surface area contributed by atoms with Crippen molar-refractivity contribution in [3.8, 4) is 22.5 Å². The molecule has 0 fully saturated rings. The van der Waals surface area contributed by atoms with Crippen molar-refractivity contribution in [2.45, 2.75) is 0 Å². The number of hydrogen-bond donors (Lipinski definition) is 1. The highest BCUT2D eigenvalue weighted by atomic mass is 16.5. The summed E-state index contributed by atoms with van der Waals surface area (Å²) in [6.45, 7) is 0.823. The van der Waals surface area contributed by atoms with Crippen molar-refractivity contribution in [3.05, 3.63) is 65.4 Å². The van der Waals surface area contributed by atoms with Crippen LogP contribution in [0.4, 0.5) is 5.69 Å². The van der Waals surface area contributed by atoms with Crippen LogP contribution >= 0.6 is 0 Å². The van der Waals surface area contributed by atoms with Gasteiger partial charge in [-0.25, -0.2) is 4.79 Å². The topological polar surface area (TPSA) is 85.8 Å². The molecule has 0 aliphatic heterocycles. The average Bonchev–Trinajstić information content (AvgIpc) is 3.29. The zero-order chi connectivity index (χ0) is 19.8. The zero-order valence-corrected chi connectivity index (χ0v) is 15.7. The molecular weight excluding hydrogens is 356 g/mol. The highest BCUT2D eigenvalue weighted by Crippen LogP contribution is 2.46. The molecule has 142 valence electrons. The summed E-state index contributed by atoms with van der Waals surface area (Å²) < 4.78 is 10.9. The van der Waals surface area contributed by atoms with Gasteiger partial charge >= 0.3 is 5.97 Å². The van der Waals surface area contributed by atoms with Crippen molar-refractivity contribution in [1.82, 2.24) is 4.90 Å². The number of fused-ring (bicyclic) bond motifs is 3. The Morgan fingerprint density at radius 1 is 1.07 bits per heavy atom. The number of likely N-dealkylation sites (N-methyl/N-ethyl adjacent to an activating group) is 1. The van der Waals surface area contributed by atoms with Gasteiger partial charge in [0.25, 0.3) is 0 Å². The molecule has 28 heavy (non-hydrogen) atoms. The molecule has 0 saturated heterocycles. The quantitative estimate of drug-likeness (QED) is 0.424. The Bertz CT molecular complexity index is 1070. The number of ether oxygens (including phenoxy) is 1. The van der Waals surface area contributed by atoms with E-state index in [0.29, 0.717) is 40.1 Å². The van der Waals surface area contributed by atoms with Gasteiger partial charge in [-0.2, -0.15) is 0 Å². The number of nitrogen functional groups attached to an aromatic ring is 1. The predicted molar refractivity (Wildman–Crippen MR) is 106 cm³/mol. The Hall–Kier alpha value is -3.38. The van der Waals surface area contributed by atoms with Gasteiger partial charge in [0.1, 0.15) is 12.4 Å². The molecule has 1 aliphatic rings. The largest absolute Gasteiger partial charge is 0.464 e. The van der Waals surface area contributed by atoms with Gasteiger partial charge in [-0.15, -0.1) is 0 Å². The molecule has 2 aromatic carbocycles. The lowest BCUT2D eigenvalue weighted by atomic mass is 9.92. The van der Waals surface area contributed by atoms with E-state index in [-0.39, 0.29) is 23.6 Å². The number of anilines is 1. The van der Waals surface area contributed by atoms with E-state index in [4.69, 9.17) is 14.9 Å². The molecule has 1 aromatic heterocycles. The van der Waals surface area contributed by atoms with Gasteiger partial charge in [-0.05, 0) is 37.9 Å². The minimum absolute atomic E-state index is 0.153. The molecule has 3 aromatic rings. The second-order valence-corrected chi connectivity index (χ2v) is 6.93. The van der Waals surface area contributed by atoms with Gasteiger partial charge in [-0.1, -0.05) is 24.3 Å². The fourth-order valence-electron chi connectivity index (χ4n) is 3.48. The number of nitrogens with two attached hydrogens (primary N) is 1. The maximum absolute atomic E-state index is 13.2. The number of benzene rings is 2. The smallest absolute Gasteiger partial charge is 0.340 e. The van der Waals surface area contributed by atoms with E-state index in [9.17, 15) is 9.59 Å². The molecule has 2 N–H and O–H groups in total. The maximum atomic E-state index is 13.2. The Kier molecular flexibility index (Phi) is 4.49. The van der Waals surface area contributed by atoms with Crippen molar-refractivity contribution in [2.24, 2.45) is 0 Å². The standard InChI is InChI=1S/C22H20N2O4/c1-24(2)9-11-28-22(26)20-16(23)12-15(17-8-5-10-27-17)19-18(20)13-6-3-4-7-14(13)21(19)25/h3-8,10,12H,9,11,23H2,1-2H3. The molecular formula is C22H20N2O4. The summed E-state index contributed by atoms with van der Waals surface area (Å²) in [6.07, 6.45) is 1.54. The zero-order valence-electron chi connectivity index (χ0n) is 15.7. The van der Waals surface area contributed by atoms with E-state index < -0.39 is 5.97 Å². The molecule has 0 radical (unpaired) electrons. The van der Waals surface area contributed by atoms with E-state index in [1.54, 1.807) is 30.3 Å². The first kappa shape index (κ1) is 18.0. The molecule has 0 atom stereocenters. The summed E-state index contributed by atoms with van der Waals surface area (Å²) in [6, 6.07) is 12.3. The molecule has 0 amide bonds.